The second-order valence-electron chi connectivity index (χ2n) is 8.71. The number of rotatable bonds is 8. The Hall–Kier alpha value is -2.89. The van der Waals surface area contributed by atoms with Crippen LogP contribution in [0.2, 0.25) is 0 Å². The van der Waals surface area contributed by atoms with Crippen molar-refractivity contribution in [2.45, 2.75) is 47.1 Å². The molecule has 2 aromatic carbocycles. The van der Waals surface area contributed by atoms with Crippen LogP contribution in [0.4, 0.5) is 0 Å². The molecule has 0 spiro atoms. The van der Waals surface area contributed by atoms with Gasteiger partial charge in [-0.05, 0) is 42.6 Å². The summed E-state index contributed by atoms with van der Waals surface area (Å²) in [5.41, 5.74) is 8.75. The fourth-order valence-electron chi connectivity index (χ4n) is 2.35. The molecule has 0 aliphatic heterocycles. The SMILES string of the molecule is CC(C)(CO)COc1ccc(C(C)(ON=[N+]=[N-])c2ccc(O)cc2)cc1.CC(C)C. The molecule has 0 saturated heterocycles. The van der Waals surface area contributed by atoms with Gasteiger partial charge in [0.05, 0.1) is 13.2 Å². The molecule has 0 aromatic heterocycles. The van der Waals surface area contributed by atoms with Crippen molar-refractivity contribution in [3.05, 3.63) is 70.1 Å². The van der Waals surface area contributed by atoms with E-state index in [2.05, 4.69) is 31.0 Å². The van der Waals surface area contributed by atoms with E-state index in [9.17, 15) is 10.2 Å². The van der Waals surface area contributed by atoms with E-state index in [-0.39, 0.29) is 17.8 Å². The van der Waals surface area contributed by atoms with Gasteiger partial charge in [0.2, 0.25) is 0 Å². The van der Waals surface area contributed by atoms with Crippen LogP contribution < -0.4 is 4.74 Å². The topological polar surface area (TPSA) is 108 Å². The smallest absolute Gasteiger partial charge is 0.165 e. The second kappa shape index (κ2) is 11.3. The first-order chi connectivity index (χ1) is 14.0. The number of ether oxygens (including phenoxy) is 1. The third kappa shape index (κ3) is 7.85. The van der Waals surface area contributed by atoms with Gasteiger partial charge in [0.1, 0.15) is 16.8 Å². The van der Waals surface area contributed by atoms with Gasteiger partial charge in [-0.15, -0.1) is 0 Å². The van der Waals surface area contributed by atoms with Crippen molar-refractivity contribution >= 4 is 0 Å². The lowest BCUT2D eigenvalue weighted by molar-refractivity contribution is -0.00452. The van der Waals surface area contributed by atoms with E-state index in [0.29, 0.717) is 12.4 Å². The van der Waals surface area contributed by atoms with Gasteiger partial charge < -0.3 is 19.8 Å². The summed E-state index contributed by atoms with van der Waals surface area (Å²) in [6.45, 7) is 12.5. The van der Waals surface area contributed by atoms with E-state index in [0.717, 1.165) is 17.0 Å². The number of hydrogen-bond donors (Lipinski definition) is 2. The molecule has 0 fully saturated rings. The third-order valence-electron chi connectivity index (χ3n) is 4.14. The fraction of sp³-hybridized carbons (Fsp3) is 0.478. The Labute approximate surface area is 178 Å². The maximum atomic E-state index is 9.49. The molecule has 0 aliphatic carbocycles. The summed E-state index contributed by atoms with van der Waals surface area (Å²) in [6.07, 6.45) is 0. The van der Waals surface area contributed by atoms with E-state index in [1.165, 1.54) is 0 Å². The van der Waals surface area contributed by atoms with Crippen LogP contribution in [-0.4, -0.2) is 23.4 Å². The Morgan fingerprint density at radius 1 is 0.967 bits per heavy atom. The number of aromatic hydroxyl groups is 1. The van der Waals surface area contributed by atoms with Gasteiger partial charge in [-0.2, -0.15) is 0 Å². The molecule has 0 saturated carbocycles. The molecule has 7 nitrogen and oxygen atoms in total. The van der Waals surface area contributed by atoms with Crippen molar-refractivity contribution in [1.82, 2.24) is 0 Å². The van der Waals surface area contributed by atoms with Gasteiger partial charge in [-0.3, -0.25) is 0 Å². The monoisotopic (exact) mass is 415 g/mol. The zero-order chi connectivity index (χ0) is 22.8. The quantitative estimate of drug-likeness (QED) is 0.240. The van der Waals surface area contributed by atoms with Crippen LogP contribution in [0.25, 0.3) is 10.4 Å². The summed E-state index contributed by atoms with van der Waals surface area (Å²) in [5, 5.41) is 22.1. The molecule has 0 heterocycles. The molecule has 2 aromatic rings. The highest BCUT2D eigenvalue weighted by Gasteiger charge is 2.31. The normalized spacial score (nSPS) is 12.8. The number of phenolic OH excluding ortho intramolecular Hbond substituents is 1. The molecular formula is C23H33N3O4. The summed E-state index contributed by atoms with van der Waals surface area (Å²) in [7, 11) is 0. The maximum Gasteiger partial charge on any atom is 0.165 e. The maximum absolute atomic E-state index is 9.49. The molecule has 7 heteroatoms. The molecule has 30 heavy (non-hydrogen) atoms. The van der Waals surface area contributed by atoms with E-state index >= 15 is 0 Å². The number of azide groups is 1. The number of phenols is 1. The second-order valence-corrected chi connectivity index (χ2v) is 8.71. The summed E-state index contributed by atoms with van der Waals surface area (Å²) < 4.78 is 5.72. The highest BCUT2D eigenvalue weighted by Crippen LogP contribution is 2.35. The fourth-order valence-corrected chi connectivity index (χ4v) is 2.35. The lowest BCUT2D eigenvalue weighted by atomic mass is 9.88. The molecule has 1 unspecified atom stereocenters. The summed E-state index contributed by atoms with van der Waals surface area (Å²) >= 11 is 0. The molecule has 0 amide bonds. The van der Waals surface area contributed by atoms with Crippen LogP contribution in [0, 0.1) is 11.3 Å². The van der Waals surface area contributed by atoms with Gasteiger partial charge in [0.25, 0.3) is 0 Å². The summed E-state index contributed by atoms with van der Waals surface area (Å²) in [4.78, 5) is 8.09. The van der Waals surface area contributed by atoms with Gasteiger partial charge in [0.15, 0.2) is 5.60 Å². The molecule has 1 atom stereocenters. The van der Waals surface area contributed by atoms with Gasteiger partial charge in [-0.1, -0.05) is 58.9 Å². The number of aliphatic hydroxyl groups is 1. The first kappa shape index (κ1) is 25.1. The molecular weight excluding hydrogens is 382 g/mol. The predicted octanol–water partition coefficient (Wildman–Crippen LogP) is 5.96. The van der Waals surface area contributed by atoms with E-state index in [1.54, 1.807) is 43.3 Å². The van der Waals surface area contributed by atoms with E-state index in [4.69, 9.17) is 15.1 Å². The molecule has 0 radical (unpaired) electrons. The van der Waals surface area contributed by atoms with Crippen molar-refractivity contribution in [2.75, 3.05) is 13.2 Å². The average molecular weight is 416 g/mol. The average Bonchev–Trinajstić information content (AvgIpc) is 2.71. The molecule has 164 valence electrons. The Bertz CT molecular complexity index is 811. The third-order valence-corrected chi connectivity index (χ3v) is 4.14. The molecule has 2 rings (SSSR count). The number of aliphatic hydroxyl groups excluding tert-OH is 1. The van der Waals surface area contributed by atoms with Gasteiger partial charge >= 0.3 is 0 Å². The lowest BCUT2D eigenvalue weighted by Gasteiger charge is -2.29. The first-order valence-corrected chi connectivity index (χ1v) is 9.90. The standard InChI is InChI=1S/C19H23N3O4.C4H10/c1-18(2,12-23)13-25-17-10-6-15(7-11-17)19(3,26-22-21-20)14-4-8-16(24)9-5-14;1-4(2)3/h4-11,23-24H,12-13H2,1-3H3;4H,1-3H3. The lowest BCUT2D eigenvalue weighted by Crippen LogP contribution is -2.26. The Balaban J connectivity index is 0.00000103. The van der Waals surface area contributed by atoms with Crippen molar-refractivity contribution in [1.29, 1.82) is 0 Å². The van der Waals surface area contributed by atoms with Crippen molar-refractivity contribution in [3.63, 3.8) is 0 Å². The molecule has 0 aliphatic rings. The van der Waals surface area contributed by atoms with E-state index in [1.807, 2.05) is 26.0 Å². The van der Waals surface area contributed by atoms with E-state index < -0.39 is 5.60 Å². The van der Waals surface area contributed by atoms with Crippen molar-refractivity contribution in [3.8, 4) is 11.5 Å². The van der Waals surface area contributed by atoms with Crippen LogP contribution in [0.3, 0.4) is 0 Å². The minimum atomic E-state index is -1.02. The predicted molar refractivity (Wildman–Crippen MR) is 118 cm³/mol. The van der Waals surface area contributed by atoms with Crippen LogP contribution >= 0.6 is 0 Å². The Morgan fingerprint density at radius 3 is 1.87 bits per heavy atom. The van der Waals surface area contributed by atoms with Crippen molar-refractivity contribution in [2.24, 2.45) is 16.6 Å². The summed E-state index contributed by atoms with van der Waals surface area (Å²) in [6, 6.07) is 13.7. The molecule has 0 bridgehead atoms. The van der Waals surface area contributed by atoms with Crippen LogP contribution in [0.5, 0.6) is 11.5 Å². The first-order valence-electron chi connectivity index (χ1n) is 9.90. The number of nitrogens with zero attached hydrogens (tertiary/aromatic N) is 3. The summed E-state index contributed by atoms with van der Waals surface area (Å²) in [5.74, 6) is 1.63. The minimum Gasteiger partial charge on any atom is -0.508 e. The zero-order valence-electron chi connectivity index (χ0n) is 18.7. The Kier molecular flexibility index (Phi) is 9.50. The van der Waals surface area contributed by atoms with Gasteiger partial charge in [-0.25, -0.2) is 0 Å². The highest BCUT2D eigenvalue weighted by atomic mass is 16.7. The minimum absolute atomic E-state index is 0.0318. The van der Waals surface area contributed by atoms with Crippen molar-refractivity contribution < 1.29 is 19.8 Å². The number of hydrogen-bond acceptors (Lipinski definition) is 5. The molecule has 2 N–H and O–H groups in total. The zero-order valence-corrected chi connectivity index (χ0v) is 18.7. The highest BCUT2D eigenvalue weighted by molar-refractivity contribution is 5.40. The number of benzene rings is 2. The van der Waals surface area contributed by atoms with Crippen LogP contribution in [-0.2, 0) is 10.4 Å². The van der Waals surface area contributed by atoms with Crippen LogP contribution in [0.1, 0.15) is 52.7 Å². The largest absolute Gasteiger partial charge is 0.508 e. The Morgan fingerprint density at radius 2 is 1.43 bits per heavy atom. The van der Waals surface area contributed by atoms with Crippen LogP contribution in [0.15, 0.2) is 53.8 Å². The van der Waals surface area contributed by atoms with Gasteiger partial charge in [0, 0.05) is 21.5 Å².